The molecule has 0 radical (unpaired) electrons. The van der Waals surface area contributed by atoms with Gasteiger partial charge in [-0.3, -0.25) is 4.79 Å². The topological polar surface area (TPSA) is 55.8 Å². The Balaban J connectivity index is 2.09. The molecule has 0 saturated carbocycles. The van der Waals surface area contributed by atoms with E-state index in [1.807, 2.05) is 18.7 Å². The van der Waals surface area contributed by atoms with Crippen LogP contribution in [0.5, 0.6) is 5.75 Å². The van der Waals surface area contributed by atoms with Gasteiger partial charge in [0, 0.05) is 17.1 Å². The normalized spacial score (nSPS) is 21.0. The first-order chi connectivity index (χ1) is 10.9. The van der Waals surface area contributed by atoms with Gasteiger partial charge in [0.25, 0.3) is 5.91 Å². The van der Waals surface area contributed by atoms with E-state index >= 15 is 0 Å². The first-order valence-electron chi connectivity index (χ1n) is 7.76. The molecule has 0 aromatic heterocycles. The summed E-state index contributed by atoms with van der Waals surface area (Å²) < 4.78 is 10.3. The predicted octanol–water partition coefficient (Wildman–Crippen LogP) is 3.29. The maximum atomic E-state index is 12.5. The minimum Gasteiger partial charge on any atom is -0.483 e. The second kappa shape index (κ2) is 7.68. The third-order valence-electron chi connectivity index (χ3n) is 4.18. The van der Waals surface area contributed by atoms with Crippen molar-refractivity contribution in [2.45, 2.75) is 45.2 Å². The second-order valence-corrected chi connectivity index (χ2v) is 6.29. The molecule has 5 nitrogen and oxygen atoms in total. The largest absolute Gasteiger partial charge is 0.483 e. The molecule has 1 amide bonds. The number of piperidine rings is 1. The van der Waals surface area contributed by atoms with Crippen LogP contribution in [0.1, 0.15) is 43.5 Å². The highest BCUT2D eigenvalue weighted by molar-refractivity contribution is 6.30. The Morgan fingerprint density at radius 2 is 1.91 bits per heavy atom. The van der Waals surface area contributed by atoms with Crippen LogP contribution in [0.3, 0.4) is 0 Å². The smallest absolute Gasteiger partial charge is 0.341 e. The molecule has 0 spiro atoms. The molecule has 23 heavy (non-hydrogen) atoms. The van der Waals surface area contributed by atoms with E-state index in [0.29, 0.717) is 5.02 Å². The van der Waals surface area contributed by atoms with Gasteiger partial charge in [0.15, 0.2) is 6.61 Å². The number of nitrogens with zero attached hydrogens (tertiary/aromatic N) is 1. The summed E-state index contributed by atoms with van der Waals surface area (Å²) in [6.07, 6.45) is 3.13. The number of hydrogen-bond donors (Lipinski definition) is 0. The lowest BCUT2D eigenvalue weighted by molar-refractivity contribution is -0.139. The first kappa shape index (κ1) is 17.6. The van der Waals surface area contributed by atoms with Crippen LogP contribution < -0.4 is 4.74 Å². The average Bonchev–Trinajstić information content (AvgIpc) is 2.52. The Hall–Kier alpha value is -1.75. The monoisotopic (exact) mass is 339 g/mol. The zero-order valence-electron chi connectivity index (χ0n) is 13.7. The summed E-state index contributed by atoms with van der Waals surface area (Å²) in [5.41, 5.74) is 0.254. The van der Waals surface area contributed by atoms with Crippen molar-refractivity contribution in [3.05, 3.63) is 28.8 Å². The average molecular weight is 340 g/mol. The van der Waals surface area contributed by atoms with E-state index < -0.39 is 5.97 Å². The van der Waals surface area contributed by atoms with Gasteiger partial charge in [-0.1, -0.05) is 11.6 Å². The maximum absolute atomic E-state index is 12.5. The number of carbonyl (C=O) groups is 2. The van der Waals surface area contributed by atoms with Gasteiger partial charge in [0.1, 0.15) is 11.3 Å². The highest BCUT2D eigenvalue weighted by Gasteiger charge is 2.29. The molecule has 2 rings (SSSR count). The molecule has 0 N–H and O–H groups in total. The van der Waals surface area contributed by atoms with E-state index in [1.54, 1.807) is 6.07 Å². The Bertz CT molecular complexity index is 580. The summed E-state index contributed by atoms with van der Waals surface area (Å²) in [4.78, 5) is 26.1. The van der Waals surface area contributed by atoms with E-state index in [2.05, 4.69) is 0 Å². The molecule has 1 aliphatic heterocycles. The minimum absolute atomic E-state index is 0.0829. The van der Waals surface area contributed by atoms with E-state index in [0.717, 1.165) is 19.3 Å². The number of ether oxygens (including phenoxy) is 2. The predicted molar refractivity (Wildman–Crippen MR) is 87.9 cm³/mol. The van der Waals surface area contributed by atoms with Crippen molar-refractivity contribution in [1.29, 1.82) is 0 Å². The van der Waals surface area contributed by atoms with Crippen LogP contribution >= 0.6 is 11.6 Å². The lowest BCUT2D eigenvalue weighted by atomic mass is 9.97. The van der Waals surface area contributed by atoms with Crippen molar-refractivity contribution >= 4 is 23.5 Å². The van der Waals surface area contributed by atoms with Gasteiger partial charge in [0.2, 0.25) is 0 Å². The van der Waals surface area contributed by atoms with Crippen LogP contribution in [0.15, 0.2) is 18.2 Å². The molecule has 0 bridgehead atoms. The summed E-state index contributed by atoms with van der Waals surface area (Å²) in [5.74, 6) is -0.348. The van der Waals surface area contributed by atoms with E-state index in [-0.39, 0.29) is 35.9 Å². The Morgan fingerprint density at radius 3 is 2.52 bits per heavy atom. The van der Waals surface area contributed by atoms with Gasteiger partial charge in [-0.05, 0) is 51.3 Å². The van der Waals surface area contributed by atoms with Crippen molar-refractivity contribution < 1.29 is 19.1 Å². The minimum atomic E-state index is -0.524. The fourth-order valence-electron chi connectivity index (χ4n) is 3.02. The summed E-state index contributed by atoms with van der Waals surface area (Å²) in [6.45, 7) is 3.97. The van der Waals surface area contributed by atoms with Crippen LogP contribution in [-0.4, -0.2) is 42.6 Å². The van der Waals surface area contributed by atoms with Crippen molar-refractivity contribution in [2.24, 2.45) is 0 Å². The number of likely N-dealkylation sites (tertiary alicyclic amines) is 1. The molecule has 2 atom stereocenters. The third-order valence-corrected chi connectivity index (χ3v) is 4.42. The Labute approximate surface area is 141 Å². The summed E-state index contributed by atoms with van der Waals surface area (Å²) in [7, 11) is 1.29. The number of benzene rings is 1. The molecule has 126 valence electrons. The van der Waals surface area contributed by atoms with Crippen LogP contribution in [0, 0.1) is 0 Å². The summed E-state index contributed by atoms with van der Waals surface area (Å²) >= 11 is 5.95. The van der Waals surface area contributed by atoms with E-state index in [9.17, 15) is 9.59 Å². The molecule has 1 aromatic carbocycles. The van der Waals surface area contributed by atoms with Crippen LogP contribution in [0.25, 0.3) is 0 Å². The molecule has 6 heteroatoms. The quantitative estimate of drug-likeness (QED) is 0.790. The van der Waals surface area contributed by atoms with Gasteiger partial charge < -0.3 is 14.4 Å². The summed E-state index contributed by atoms with van der Waals surface area (Å²) in [5, 5.41) is 0.430. The Kier molecular flexibility index (Phi) is 5.88. The number of rotatable bonds is 4. The molecule has 0 aliphatic carbocycles. The molecule has 1 saturated heterocycles. The van der Waals surface area contributed by atoms with Gasteiger partial charge in [-0.25, -0.2) is 4.79 Å². The molecule has 1 heterocycles. The third kappa shape index (κ3) is 4.16. The fourth-order valence-corrected chi connectivity index (χ4v) is 3.18. The van der Waals surface area contributed by atoms with Crippen LogP contribution in [0.4, 0.5) is 0 Å². The van der Waals surface area contributed by atoms with Crippen molar-refractivity contribution in [3.8, 4) is 5.75 Å². The van der Waals surface area contributed by atoms with Crippen molar-refractivity contribution in [2.75, 3.05) is 13.7 Å². The second-order valence-electron chi connectivity index (χ2n) is 5.85. The van der Waals surface area contributed by atoms with E-state index in [1.165, 1.54) is 19.2 Å². The number of methoxy groups -OCH3 is 1. The summed E-state index contributed by atoms with van der Waals surface area (Å²) in [6, 6.07) is 5.03. The van der Waals surface area contributed by atoms with Gasteiger partial charge in [0.05, 0.1) is 7.11 Å². The van der Waals surface area contributed by atoms with Gasteiger partial charge in [-0.2, -0.15) is 0 Å². The van der Waals surface area contributed by atoms with Gasteiger partial charge >= 0.3 is 5.97 Å². The number of hydrogen-bond acceptors (Lipinski definition) is 4. The first-order valence-corrected chi connectivity index (χ1v) is 8.13. The SMILES string of the molecule is COC(=O)c1ccc(Cl)cc1OCC(=O)N1C(C)CCCC1C. The lowest BCUT2D eigenvalue weighted by Crippen LogP contribution is -2.49. The number of amides is 1. The zero-order valence-corrected chi connectivity index (χ0v) is 14.4. The number of carbonyl (C=O) groups excluding carboxylic acids is 2. The molecular weight excluding hydrogens is 318 g/mol. The highest BCUT2D eigenvalue weighted by Crippen LogP contribution is 2.26. The molecule has 1 aliphatic rings. The molecular formula is C17H22ClNO4. The molecule has 2 unspecified atom stereocenters. The standard InChI is InChI=1S/C17H22ClNO4/c1-11-5-4-6-12(2)19(11)16(20)10-23-15-9-13(18)7-8-14(15)17(21)22-3/h7-9,11-12H,4-6,10H2,1-3H3. The molecule has 1 aromatic rings. The number of halogens is 1. The van der Waals surface area contributed by atoms with Crippen molar-refractivity contribution in [3.63, 3.8) is 0 Å². The number of esters is 1. The van der Waals surface area contributed by atoms with Gasteiger partial charge in [-0.15, -0.1) is 0 Å². The van der Waals surface area contributed by atoms with E-state index in [4.69, 9.17) is 21.1 Å². The van der Waals surface area contributed by atoms with Crippen LogP contribution in [0.2, 0.25) is 5.02 Å². The maximum Gasteiger partial charge on any atom is 0.341 e. The zero-order chi connectivity index (χ0) is 17.0. The Morgan fingerprint density at radius 1 is 1.26 bits per heavy atom. The highest BCUT2D eigenvalue weighted by atomic mass is 35.5. The molecule has 1 fully saturated rings. The fraction of sp³-hybridized carbons (Fsp3) is 0.529. The lowest BCUT2D eigenvalue weighted by Gasteiger charge is -2.39. The van der Waals surface area contributed by atoms with Crippen molar-refractivity contribution in [1.82, 2.24) is 4.90 Å². The van der Waals surface area contributed by atoms with Crippen LogP contribution in [-0.2, 0) is 9.53 Å².